The standard InChI is InChI=1S/C16H20N2O3/c1-20-11-13-6-4-3-5-12(13)9-17-10-14-7-8-15(18-14)16(19)21-2/h3-8,17-18H,9-11H2,1-2H3. The molecule has 0 aliphatic heterocycles. The van der Waals surface area contributed by atoms with Gasteiger partial charge < -0.3 is 19.8 Å². The second-order valence-corrected chi connectivity index (χ2v) is 4.69. The minimum absolute atomic E-state index is 0.355. The van der Waals surface area contributed by atoms with Crippen LogP contribution < -0.4 is 5.32 Å². The van der Waals surface area contributed by atoms with Crippen molar-refractivity contribution in [3.8, 4) is 0 Å². The molecule has 0 aliphatic rings. The van der Waals surface area contributed by atoms with E-state index in [1.165, 1.54) is 18.2 Å². The number of nitrogens with one attached hydrogen (secondary N) is 2. The molecule has 2 N–H and O–H groups in total. The Hall–Kier alpha value is -2.11. The SMILES string of the molecule is COCc1ccccc1CNCc1ccc(C(=O)OC)[nH]1. The van der Waals surface area contributed by atoms with E-state index in [1.807, 2.05) is 18.2 Å². The van der Waals surface area contributed by atoms with Gasteiger partial charge in [0.15, 0.2) is 0 Å². The van der Waals surface area contributed by atoms with Gasteiger partial charge in [-0.2, -0.15) is 0 Å². The fraction of sp³-hybridized carbons (Fsp3) is 0.312. The number of methoxy groups -OCH3 is 2. The molecule has 2 aromatic rings. The molecule has 0 radical (unpaired) electrons. The summed E-state index contributed by atoms with van der Waals surface area (Å²) in [5, 5.41) is 3.35. The summed E-state index contributed by atoms with van der Waals surface area (Å²) < 4.78 is 9.85. The first-order chi connectivity index (χ1) is 10.2. The van der Waals surface area contributed by atoms with Crippen molar-refractivity contribution < 1.29 is 14.3 Å². The molecule has 0 atom stereocenters. The van der Waals surface area contributed by atoms with E-state index in [0.29, 0.717) is 18.8 Å². The van der Waals surface area contributed by atoms with Gasteiger partial charge in [0.25, 0.3) is 0 Å². The highest BCUT2D eigenvalue weighted by Gasteiger charge is 2.07. The predicted molar refractivity (Wildman–Crippen MR) is 79.8 cm³/mol. The Kier molecular flexibility index (Phi) is 5.54. The molecule has 0 amide bonds. The normalized spacial score (nSPS) is 10.6. The van der Waals surface area contributed by atoms with Crippen molar-refractivity contribution in [2.24, 2.45) is 0 Å². The minimum Gasteiger partial charge on any atom is -0.464 e. The fourth-order valence-corrected chi connectivity index (χ4v) is 2.13. The molecule has 0 spiro atoms. The second kappa shape index (κ2) is 7.61. The van der Waals surface area contributed by atoms with Crippen LogP contribution in [-0.2, 0) is 29.2 Å². The van der Waals surface area contributed by atoms with Crippen molar-refractivity contribution in [1.29, 1.82) is 0 Å². The molecular formula is C16H20N2O3. The van der Waals surface area contributed by atoms with Crippen LogP contribution in [0.15, 0.2) is 36.4 Å². The van der Waals surface area contributed by atoms with E-state index >= 15 is 0 Å². The summed E-state index contributed by atoms with van der Waals surface area (Å²) in [7, 11) is 3.06. The summed E-state index contributed by atoms with van der Waals surface area (Å²) in [6.45, 7) is 2.00. The summed E-state index contributed by atoms with van der Waals surface area (Å²) in [4.78, 5) is 14.4. The van der Waals surface area contributed by atoms with Gasteiger partial charge in [0, 0.05) is 25.9 Å². The van der Waals surface area contributed by atoms with Gasteiger partial charge in [-0.05, 0) is 23.3 Å². The highest BCUT2D eigenvalue weighted by molar-refractivity contribution is 5.87. The smallest absolute Gasteiger partial charge is 0.354 e. The molecule has 0 aliphatic carbocycles. The number of H-pyrrole nitrogens is 1. The van der Waals surface area contributed by atoms with E-state index in [4.69, 9.17) is 4.74 Å². The number of aromatic nitrogens is 1. The van der Waals surface area contributed by atoms with Gasteiger partial charge in [-0.1, -0.05) is 24.3 Å². The molecule has 5 nitrogen and oxygen atoms in total. The van der Waals surface area contributed by atoms with Gasteiger partial charge in [-0.25, -0.2) is 4.79 Å². The number of hydrogen-bond donors (Lipinski definition) is 2. The Balaban J connectivity index is 1.89. The maximum absolute atomic E-state index is 11.4. The first-order valence-electron chi connectivity index (χ1n) is 6.77. The Morgan fingerprint density at radius 3 is 2.57 bits per heavy atom. The molecule has 5 heteroatoms. The summed E-state index contributed by atoms with van der Waals surface area (Å²) in [5.74, 6) is -0.355. The lowest BCUT2D eigenvalue weighted by molar-refractivity contribution is 0.0594. The Morgan fingerprint density at radius 1 is 1.10 bits per heavy atom. The van der Waals surface area contributed by atoms with Gasteiger partial charge in [-0.3, -0.25) is 0 Å². The molecule has 21 heavy (non-hydrogen) atoms. The van der Waals surface area contributed by atoms with Gasteiger partial charge in [-0.15, -0.1) is 0 Å². The number of carbonyl (C=O) groups excluding carboxylic acids is 1. The van der Waals surface area contributed by atoms with Crippen LogP contribution in [0.1, 0.15) is 27.3 Å². The highest BCUT2D eigenvalue weighted by atomic mass is 16.5. The predicted octanol–water partition coefficient (Wildman–Crippen LogP) is 2.24. The van der Waals surface area contributed by atoms with Gasteiger partial charge in [0.05, 0.1) is 13.7 Å². The lowest BCUT2D eigenvalue weighted by Crippen LogP contribution is -2.14. The van der Waals surface area contributed by atoms with Crippen molar-refractivity contribution >= 4 is 5.97 Å². The van der Waals surface area contributed by atoms with Crippen LogP contribution in [0.5, 0.6) is 0 Å². The average molecular weight is 288 g/mol. The lowest BCUT2D eigenvalue weighted by Gasteiger charge is -2.09. The number of carbonyl (C=O) groups is 1. The van der Waals surface area contributed by atoms with Crippen LogP contribution in [0.2, 0.25) is 0 Å². The zero-order valence-electron chi connectivity index (χ0n) is 12.3. The molecule has 0 fully saturated rings. The molecule has 0 bridgehead atoms. The first-order valence-corrected chi connectivity index (χ1v) is 6.77. The Bertz CT molecular complexity index is 593. The maximum atomic E-state index is 11.4. The quantitative estimate of drug-likeness (QED) is 0.767. The van der Waals surface area contributed by atoms with Crippen molar-refractivity contribution in [2.75, 3.05) is 14.2 Å². The first kappa shape index (κ1) is 15.3. The molecular weight excluding hydrogens is 268 g/mol. The molecule has 112 valence electrons. The van der Waals surface area contributed by atoms with E-state index < -0.39 is 0 Å². The largest absolute Gasteiger partial charge is 0.464 e. The van der Waals surface area contributed by atoms with Gasteiger partial charge in [0.2, 0.25) is 0 Å². The summed E-state index contributed by atoms with van der Waals surface area (Å²) in [6.07, 6.45) is 0. The third-order valence-corrected chi connectivity index (χ3v) is 3.20. The third kappa shape index (κ3) is 4.18. The Morgan fingerprint density at radius 2 is 1.86 bits per heavy atom. The number of ether oxygens (including phenoxy) is 2. The van der Waals surface area contributed by atoms with Crippen molar-refractivity contribution in [3.05, 3.63) is 58.9 Å². The van der Waals surface area contributed by atoms with Crippen LogP contribution in [0.4, 0.5) is 0 Å². The monoisotopic (exact) mass is 288 g/mol. The minimum atomic E-state index is -0.355. The zero-order valence-corrected chi connectivity index (χ0v) is 12.3. The molecule has 1 aromatic carbocycles. The summed E-state index contributed by atoms with van der Waals surface area (Å²) >= 11 is 0. The van der Waals surface area contributed by atoms with Crippen LogP contribution in [-0.4, -0.2) is 25.2 Å². The van der Waals surface area contributed by atoms with Gasteiger partial charge in [0.1, 0.15) is 5.69 Å². The van der Waals surface area contributed by atoms with Crippen molar-refractivity contribution in [3.63, 3.8) is 0 Å². The lowest BCUT2D eigenvalue weighted by atomic mass is 10.1. The van der Waals surface area contributed by atoms with E-state index in [9.17, 15) is 4.79 Å². The molecule has 2 rings (SSSR count). The van der Waals surface area contributed by atoms with E-state index in [2.05, 4.69) is 27.2 Å². The van der Waals surface area contributed by atoms with Crippen LogP contribution in [0, 0.1) is 0 Å². The molecule has 1 heterocycles. The molecule has 1 aromatic heterocycles. The maximum Gasteiger partial charge on any atom is 0.354 e. The molecule has 0 saturated heterocycles. The number of hydrogen-bond acceptors (Lipinski definition) is 4. The van der Waals surface area contributed by atoms with Crippen LogP contribution >= 0.6 is 0 Å². The van der Waals surface area contributed by atoms with Crippen molar-refractivity contribution in [2.45, 2.75) is 19.7 Å². The number of aromatic amines is 1. The summed E-state index contributed by atoms with van der Waals surface area (Å²) in [5.41, 5.74) is 3.79. The van der Waals surface area contributed by atoms with Crippen molar-refractivity contribution in [1.82, 2.24) is 10.3 Å². The topological polar surface area (TPSA) is 63.4 Å². The average Bonchev–Trinajstić information content (AvgIpc) is 2.97. The van der Waals surface area contributed by atoms with Gasteiger partial charge >= 0.3 is 5.97 Å². The number of rotatable bonds is 7. The van der Waals surface area contributed by atoms with Crippen LogP contribution in [0.3, 0.4) is 0 Å². The van der Waals surface area contributed by atoms with Crippen LogP contribution in [0.25, 0.3) is 0 Å². The zero-order chi connectivity index (χ0) is 15.1. The van der Waals surface area contributed by atoms with E-state index in [0.717, 1.165) is 12.2 Å². The Labute approximate surface area is 124 Å². The number of esters is 1. The molecule has 0 saturated carbocycles. The molecule has 0 unspecified atom stereocenters. The van der Waals surface area contributed by atoms with E-state index in [1.54, 1.807) is 13.2 Å². The fourth-order valence-electron chi connectivity index (χ4n) is 2.13. The van der Waals surface area contributed by atoms with E-state index in [-0.39, 0.29) is 5.97 Å². The second-order valence-electron chi connectivity index (χ2n) is 4.69. The third-order valence-electron chi connectivity index (χ3n) is 3.20. The summed E-state index contributed by atoms with van der Waals surface area (Å²) in [6, 6.07) is 11.8. The number of benzene rings is 1. The highest BCUT2D eigenvalue weighted by Crippen LogP contribution is 2.10.